The van der Waals surface area contributed by atoms with Crippen LogP contribution in [0.15, 0.2) is 12.4 Å². The molecule has 0 aliphatic heterocycles. The Balaban J connectivity index is 1.96. The summed E-state index contributed by atoms with van der Waals surface area (Å²) in [5.74, 6) is 1.38. The van der Waals surface area contributed by atoms with Gasteiger partial charge in [0.15, 0.2) is 0 Å². The molecule has 4 heteroatoms. The molecule has 1 fully saturated rings. The molecule has 1 aliphatic rings. The minimum atomic E-state index is 0.318. The molecule has 94 valence electrons. The molecular weight excluding hydrogens is 212 g/mol. The van der Waals surface area contributed by atoms with Gasteiger partial charge in [0.05, 0.1) is 0 Å². The zero-order chi connectivity index (χ0) is 12.1. The van der Waals surface area contributed by atoms with Crippen molar-refractivity contribution in [3.63, 3.8) is 0 Å². The second kappa shape index (κ2) is 5.96. The molecule has 0 saturated heterocycles. The summed E-state index contributed by atoms with van der Waals surface area (Å²) in [7, 11) is 0. The highest BCUT2D eigenvalue weighted by molar-refractivity contribution is 5.26. The van der Waals surface area contributed by atoms with E-state index < -0.39 is 0 Å². The zero-order valence-electron chi connectivity index (χ0n) is 10.5. The van der Waals surface area contributed by atoms with Gasteiger partial charge in [0, 0.05) is 25.0 Å². The molecule has 17 heavy (non-hydrogen) atoms. The van der Waals surface area contributed by atoms with Gasteiger partial charge in [-0.3, -0.25) is 0 Å². The topological polar surface area (TPSA) is 63.8 Å². The maximum Gasteiger partial charge on any atom is 0.222 e. The minimum absolute atomic E-state index is 0.318. The molecule has 1 aromatic rings. The first-order valence-electron chi connectivity index (χ1n) is 6.55. The molecule has 1 heterocycles. The lowest BCUT2D eigenvalue weighted by atomic mass is 9.84. The van der Waals surface area contributed by atoms with E-state index in [-0.39, 0.29) is 0 Å². The Morgan fingerprint density at radius 2 is 1.94 bits per heavy atom. The summed E-state index contributed by atoms with van der Waals surface area (Å²) in [4.78, 5) is 8.57. The van der Waals surface area contributed by atoms with Crippen LogP contribution >= 0.6 is 0 Å². The van der Waals surface area contributed by atoms with E-state index in [2.05, 4.69) is 15.3 Å². The van der Waals surface area contributed by atoms with Gasteiger partial charge in [0.2, 0.25) is 5.95 Å². The van der Waals surface area contributed by atoms with Crippen molar-refractivity contribution in [1.29, 1.82) is 0 Å². The zero-order valence-corrected chi connectivity index (χ0v) is 10.5. The number of nitrogens with one attached hydrogen (secondary N) is 1. The van der Waals surface area contributed by atoms with Gasteiger partial charge >= 0.3 is 0 Å². The molecule has 0 spiro atoms. The summed E-state index contributed by atoms with van der Waals surface area (Å²) in [5, 5.41) is 3.38. The molecule has 1 saturated carbocycles. The van der Waals surface area contributed by atoms with Crippen LogP contribution in [0.1, 0.15) is 37.7 Å². The number of hydrogen-bond acceptors (Lipinski definition) is 4. The number of nitrogens with two attached hydrogens (primary N) is 1. The molecule has 0 bridgehead atoms. The van der Waals surface area contributed by atoms with Gasteiger partial charge in [-0.2, -0.15) is 0 Å². The normalized spacial score (nSPS) is 18.9. The summed E-state index contributed by atoms with van der Waals surface area (Å²) in [6.07, 6.45) is 10.3. The first-order chi connectivity index (χ1) is 8.29. The van der Waals surface area contributed by atoms with E-state index in [0.29, 0.717) is 24.5 Å². The predicted molar refractivity (Wildman–Crippen MR) is 69.8 cm³/mol. The molecule has 0 radical (unpaired) electrons. The van der Waals surface area contributed by atoms with Crippen LogP contribution in [-0.4, -0.2) is 22.6 Å². The Kier molecular flexibility index (Phi) is 4.31. The van der Waals surface area contributed by atoms with Gasteiger partial charge in [0.1, 0.15) is 0 Å². The maximum absolute atomic E-state index is 5.86. The largest absolute Gasteiger partial charge is 0.350 e. The number of aryl methyl sites for hydroxylation is 1. The Labute approximate surface area is 103 Å². The van der Waals surface area contributed by atoms with Crippen molar-refractivity contribution >= 4 is 5.95 Å². The first kappa shape index (κ1) is 12.3. The third-order valence-electron chi connectivity index (χ3n) is 3.57. The van der Waals surface area contributed by atoms with Crippen molar-refractivity contribution < 1.29 is 0 Å². The molecular formula is C13H22N4. The Morgan fingerprint density at radius 1 is 1.29 bits per heavy atom. The van der Waals surface area contributed by atoms with Crippen molar-refractivity contribution in [3.05, 3.63) is 18.0 Å². The lowest BCUT2D eigenvalue weighted by molar-refractivity contribution is 0.320. The maximum atomic E-state index is 5.86. The van der Waals surface area contributed by atoms with Crippen LogP contribution in [0.2, 0.25) is 0 Å². The van der Waals surface area contributed by atoms with E-state index >= 15 is 0 Å². The summed E-state index contributed by atoms with van der Waals surface area (Å²) >= 11 is 0. The van der Waals surface area contributed by atoms with Crippen LogP contribution in [-0.2, 0) is 0 Å². The first-order valence-corrected chi connectivity index (χ1v) is 6.55. The van der Waals surface area contributed by atoms with Crippen LogP contribution < -0.4 is 11.1 Å². The summed E-state index contributed by atoms with van der Waals surface area (Å²) in [6.45, 7) is 2.65. The average Bonchev–Trinajstić information content (AvgIpc) is 2.39. The van der Waals surface area contributed by atoms with Crippen LogP contribution in [0, 0.1) is 12.8 Å². The number of aromatic nitrogens is 2. The van der Waals surface area contributed by atoms with Crippen molar-refractivity contribution in [1.82, 2.24) is 9.97 Å². The Morgan fingerprint density at radius 3 is 2.53 bits per heavy atom. The van der Waals surface area contributed by atoms with Gasteiger partial charge in [0.25, 0.3) is 0 Å². The fourth-order valence-corrected chi connectivity index (χ4v) is 2.54. The molecule has 1 aliphatic carbocycles. The molecule has 1 atom stereocenters. The van der Waals surface area contributed by atoms with E-state index in [9.17, 15) is 0 Å². The van der Waals surface area contributed by atoms with E-state index in [1.165, 1.54) is 32.1 Å². The highest BCUT2D eigenvalue weighted by atomic mass is 15.1. The molecule has 3 N–H and O–H groups in total. The van der Waals surface area contributed by atoms with Gasteiger partial charge in [-0.1, -0.05) is 19.3 Å². The van der Waals surface area contributed by atoms with Crippen molar-refractivity contribution in [2.45, 2.75) is 45.1 Å². The van der Waals surface area contributed by atoms with E-state index in [4.69, 9.17) is 5.73 Å². The van der Waals surface area contributed by atoms with E-state index in [1.54, 1.807) is 0 Å². The van der Waals surface area contributed by atoms with Crippen molar-refractivity contribution in [3.8, 4) is 0 Å². The van der Waals surface area contributed by atoms with Crippen LogP contribution in [0.3, 0.4) is 0 Å². The Bertz CT molecular complexity index is 330. The third-order valence-corrected chi connectivity index (χ3v) is 3.57. The van der Waals surface area contributed by atoms with E-state index in [0.717, 1.165) is 5.56 Å². The molecule has 0 aromatic carbocycles. The van der Waals surface area contributed by atoms with Gasteiger partial charge in [-0.25, -0.2) is 9.97 Å². The van der Waals surface area contributed by atoms with Crippen LogP contribution in [0.4, 0.5) is 5.95 Å². The molecule has 1 unspecified atom stereocenters. The third kappa shape index (κ3) is 3.40. The lowest BCUT2D eigenvalue weighted by Crippen LogP contribution is -2.37. The smallest absolute Gasteiger partial charge is 0.222 e. The monoisotopic (exact) mass is 234 g/mol. The van der Waals surface area contributed by atoms with Gasteiger partial charge in [-0.15, -0.1) is 0 Å². The van der Waals surface area contributed by atoms with Crippen LogP contribution in [0.25, 0.3) is 0 Å². The fourth-order valence-electron chi connectivity index (χ4n) is 2.54. The second-order valence-corrected chi connectivity index (χ2v) is 4.97. The molecule has 4 nitrogen and oxygen atoms in total. The van der Waals surface area contributed by atoms with Crippen LogP contribution in [0.5, 0.6) is 0 Å². The summed E-state index contributed by atoms with van der Waals surface area (Å²) < 4.78 is 0. The number of nitrogens with zero attached hydrogens (tertiary/aromatic N) is 2. The number of rotatable bonds is 4. The highest BCUT2D eigenvalue weighted by Gasteiger charge is 2.22. The fraction of sp³-hybridized carbons (Fsp3) is 0.692. The summed E-state index contributed by atoms with van der Waals surface area (Å²) in [6, 6.07) is 0.318. The number of anilines is 1. The van der Waals surface area contributed by atoms with E-state index in [1.807, 2.05) is 19.3 Å². The standard InChI is InChI=1S/C13H22N4/c1-10-8-15-13(16-9-10)17-12(7-14)11-5-3-2-4-6-11/h8-9,11-12H,2-7,14H2,1H3,(H,15,16,17). The molecule has 1 aromatic heterocycles. The average molecular weight is 234 g/mol. The summed E-state index contributed by atoms with van der Waals surface area (Å²) in [5.41, 5.74) is 6.94. The SMILES string of the molecule is Cc1cnc(NC(CN)C2CCCCC2)nc1. The Hall–Kier alpha value is -1.16. The second-order valence-electron chi connectivity index (χ2n) is 4.97. The highest BCUT2D eigenvalue weighted by Crippen LogP contribution is 2.27. The van der Waals surface area contributed by atoms with Crippen molar-refractivity contribution in [2.24, 2.45) is 11.7 Å². The molecule has 2 rings (SSSR count). The van der Waals surface area contributed by atoms with Gasteiger partial charge < -0.3 is 11.1 Å². The lowest BCUT2D eigenvalue weighted by Gasteiger charge is -2.30. The number of hydrogen-bond donors (Lipinski definition) is 2. The van der Waals surface area contributed by atoms with Gasteiger partial charge in [-0.05, 0) is 31.2 Å². The minimum Gasteiger partial charge on any atom is -0.350 e. The quantitative estimate of drug-likeness (QED) is 0.837. The van der Waals surface area contributed by atoms with Crippen molar-refractivity contribution in [2.75, 3.05) is 11.9 Å². The molecule has 0 amide bonds. The predicted octanol–water partition coefficient (Wildman–Crippen LogP) is 2.10.